The molecule has 0 spiro atoms. The van der Waals surface area contributed by atoms with Crippen molar-refractivity contribution in [2.24, 2.45) is 0 Å². The van der Waals surface area contributed by atoms with Gasteiger partial charge in [-0.05, 0) is 92.6 Å². The molecule has 0 atom stereocenters. The van der Waals surface area contributed by atoms with Gasteiger partial charge in [0.2, 0.25) is 0 Å². The van der Waals surface area contributed by atoms with Gasteiger partial charge in [0.1, 0.15) is 0 Å². The van der Waals surface area contributed by atoms with Gasteiger partial charge in [0, 0.05) is 27.2 Å². The third kappa shape index (κ3) is 6.13. The van der Waals surface area contributed by atoms with Crippen molar-refractivity contribution >= 4 is 72.4 Å². The smallest absolute Gasteiger partial charge is 0.179 e. The van der Waals surface area contributed by atoms with E-state index in [1.807, 2.05) is 0 Å². The third-order valence-electron chi connectivity index (χ3n) is 14.1. The van der Waals surface area contributed by atoms with E-state index in [1.165, 1.54) is 119 Å². The first-order valence-electron chi connectivity index (χ1n) is 22.7. The van der Waals surface area contributed by atoms with E-state index in [0.29, 0.717) is 5.92 Å². The van der Waals surface area contributed by atoms with Crippen LogP contribution in [0, 0.1) is 0 Å². The van der Waals surface area contributed by atoms with Crippen LogP contribution in [0.4, 0.5) is 0 Å². The molecule has 12 rings (SSSR count). The molecule has 0 radical (unpaired) electrons. The van der Waals surface area contributed by atoms with Crippen molar-refractivity contribution in [2.75, 3.05) is 0 Å². The van der Waals surface area contributed by atoms with Gasteiger partial charge in [-0.2, -0.15) is 0 Å². The van der Waals surface area contributed by atoms with E-state index in [0.717, 1.165) is 5.69 Å². The van der Waals surface area contributed by atoms with E-state index in [4.69, 9.17) is 0 Å². The van der Waals surface area contributed by atoms with Crippen molar-refractivity contribution in [1.82, 2.24) is 9.13 Å². The summed E-state index contributed by atoms with van der Waals surface area (Å²) in [5.74, 6) is 0.627. The van der Waals surface area contributed by atoms with Gasteiger partial charge in [-0.1, -0.05) is 207 Å². The summed E-state index contributed by atoms with van der Waals surface area (Å²) >= 11 is 0. The highest BCUT2D eigenvalue weighted by Gasteiger charge is 2.41. The molecule has 0 unspecified atom stereocenters. The van der Waals surface area contributed by atoms with Crippen LogP contribution in [-0.2, 0) is 0 Å². The molecular weight excluding hydrogens is 777 g/mol. The Balaban J connectivity index is 1.03. The highest BCUT2D eigenvalue weighted by atomic mass is 28.3. The Morgan fingerprint density at radius 2 is 0.873 bits per heavy atom. The minimum Gasteiger partial charge on any atom is -0.307 e. The van der Waals surface area contributed by atoms with E-state index >= 15 is 0 Å². The third-order valence-corrected chi connectivity index (χ3v) is 18.9. The zero-order chi connectivity index (χ0) is 41.7. The van der Waals surface area contributed by atoms with Crippen LogP contribution in [0.5, 0.6) is 0 Å². The summed E-state index contributed by atoms with van der Waals surface area (Å²) in [6.45, 7) is 0. The molecule has 9 aromatic carbocycles. The summed E-state index contributed by atoms with van der Waals surface area (Å²) in [5.41, 5.74) is 11.2. The highest BCUT2D eigenvalue weighted by Crippen LogP contribution is 2.42. The van der Waals surface area contributed by atoms with Crippen LogP contribution in [0.25, 0.3) is 66.1 Å². The number of nitrogens with zero attached hydrogens (tertiary/aromatic N) is 2. The number of fused-ring (bicyclic) bond motifs is 6. The predicted molar refractivity (Wildman–Crippen MR) is 270 cm³/mol. The first-order chi connectivity index (χ1) is 31.3. The lowest BCUT2D eigenvalue weighted by Crippen LogP contribution is -2.74. The van der Waals surface area contributed by atoms with Gasteiger partial charge in [-0.15, -0.1) is 0 Å². The molecule has 3 heteroatoms. The largest absolute Gasteiger partial charge is 0.307 e. The second-order valence-electron chi connectivity index (χ2n) is 17.5. The van der Waals surface area contributed by atoms with Crippen molar-refractivity contribution < 1.29 is 0 Å². The van der Waals surface area contributed by atoms with Crippen LogP contribution in [0.2, 0.25) is 0 Å². The Kier molecular flexibility index (Phi) is 9.30. The lowest BCUT2D eigenvalue weighted by Gasteiger charge is -2.34. The normalized spacial score (nSPS) is 13.7. The number of aromatic nitrogens is 2. The first kappa shape index (κ1) is 37.5. The Bertz CT molecular complexity index is 3320. The number of para-hydroxylation sites is 3. The lowest BCUT2D eigenvalue weighted by molar-refractivity contribution is 0.444. The number of hydrogen-bond acceptors (Lipinski definition) is 0. The fourth-order valence-corrected chi connectivity index (χ4v) is 15.9. The molecule has 63 heavy (non-hydrogen) atoms. The minimum atomic E-state index is -2.63. The van der Waals surface area contributed by atoms with Crippen molar-refractivity contribution in [1.29, 1.82) is 0 Å². The fraction of sp³-hybridized carbons (Fsp3) is 0.100. The van der Waals surface area contributed by atoms with Crippen LogP contribution in [0.15, 0.2) is 224 Å². The molecule has 1 aliphatic carbocycles. The Morgan fingerprint density at radius 3 is 1.52 bits per heavy atom. The van der Waals surface area contributed by atoms with Crippen LogP contribution >= 0.6 is 0 Å². The predicted octanol–water partition coefficient (Wildman–Crippen LogP) is 13.0. The molecule has 11 aromatic rings. The molecular formula is C60H48N2Si. The lowest BCUT2D eigenvalue weighted by atomic mass is 9.84. The molecule has 0 amide bonds. The molecule has 1 saturated carbocycles. The van der Waals surface area contributed by atoms with Crippen LogP contribution < -0.4 is 20.7 Å². The van der Waals surface area contributed by atoms with Crippen LogP contribution in [-0.4, -0.2) is 17.2 Å². The zero-order valence-electron chi connectivity index (χ0n) is 35.4. The number of benzene rings is 9. The average Bonchev–Trinajstić information content (AvgIpc) is 3.89. The van der Waals surface area contributed by atoms with Gasteiger partial charge in [0.25, 0.3) is 0 Å². The average molecular weight is 825 g/mol. The zero-order valence-corrected chi connectivity index (χ0v) is 36.4. The molecule has 2 heterocycles. The van der Waals surface area contributed by atoms with Gasteiger partial charge < -0.3 is 9.13 Å². The summed E-state index contributed by atoms with van der Waals surface area (Å²) < 4.78 is 5.07. The monoisotopic (exact) mass is 824 g/mol. The SMILES string of the molecule is c1ccc([Si](c2ccccc2)(c2ccccc2)c2ccc(-c3cccc(-n4c5ccccc5c5cccc(-n6c7ccccc7c7ccc(C8CCCCC8)cc76)c54)c3)cc2)cc1. The van der Waals surface area contributed by atoms with E-state index in [1.54, 1.807) is 0 Å². The van der Waals surface area contributed by atoms with E-state index in [2.05, 4.69) is 234 Å². The van der Waals surface area contributed by atoms with Crippen molar-refractivity contribution in [3.8, 4) is 22.5 Å². The van der Waals surface area contributed by atoms with Crippen LogP contribution in [0.1, 0.15) is 43.6 Å². The number of hydrogen-bond donors (Lipinski definition) is 0. The Labute approximate surface area is 370 Å². The summed E-state index contributed by atoms with van der Waals surface area (Å²) in [6, 6.07) is 84.4. The Hall–Kier alpha value is -7.20. The Morgan fingerprint density at radius 1 is 0.349 bits per heavy atom. The van der Waals surface area contributed by atoms with Gasteiger partial charge >= 0.3 is 0 Å². The molecule has 0 saturated heterocycles. The molecule has 1 aliphatic rings. The quantitative estimate of drug-likeness (QED) is 0.107. The summed E-state index contributed by atoms with van der Waals surface area (Å²) in [4.78, 5) is 0. The van der Waals surface area contributed by atoms with E-state index in [-0.39, 0.29) is 0 Å². The van der Waals surface area contributed by atoms with Gasteiger partial charge in [-0.3, -0.25) is 0 Å². The summed E-state index contributed by atoms with van der Waals surface area (Å²) in [6.07, 6.45) is 6.57. The van der Waals surface area contributed by atoms with Gasteiger partial charge in [0.05, 0.1) is 27.8 Å². The first-order valence-corrected chi connectivity index (χ1v) is 24.7. The molecule has 0 N–H and O–H groups in total. The maximum atomic E-state index is 2.56. The highest BCUT2D eigenvalue weighted by molar-refractivity contribution is 7.19. The van der Waals surface area contributed by atoms with Crippen molar-refractivity contribution in [2.45, 2.75) is 38.0 Å². The van der Waals surface area contributed by atoms with Gasteiger partial charge in [-0.25, -0.2) is 0 Å². The maximum absolute atomic E-state index is 2.63. The summed E-state index contributed by atoms with van der Waals surface area (Å²) in [5, 5.41) is 10.7. The molecule has 0 bridgehead atoms. The van der Waals surface area contributed by atoms with Crippen molar-refractivity contribution in [3.63, 3.8) is 0 Å². The maximum Gasteiger partial charge on any atom is 0.179 e. The molecule has 0 aliphatic heterocycles. The second kappa shape index (κ2) is 15.6. The topological polar surface area (TPSA) is 9.86 Å². The van der Waals surface area contributed by atoms with E-state index < -0.39 is 8.07 Å². The minimum absolute atomic E-state index is 0.627. The standard InChI is InChI=1S/C60H48N2Si/c1-5-19-43(20-6-1)46-37-40-54-52-29-13-16-33-57(52)62(59(54)42-46)58-34-18-31-55-53-30-14-15-32-56(53)61(60(55)58)47-22-17-21-45(41-47)44-35-38-51(39-36-44)63(48-23-7-2-8-24-48,49-25-9-3-10-26-49)50-27-11-4-12-28-50/h2-4,7-18,21-43H,1,5-6,19-20H2. The van der Waals surface area contributed by atoms with Gasteiger partial charge in [0.15, 0.2) is 8.07 Å². The van der Waals surface area contributed by atoms with E-state index in [9.17, 15) is 0 Å². The summed E-state index contributed by atoms with van der Waals surface area (Å²) in [7, 11) is -2.63. The van der Waals surface area contributed by atoms with Crippen molar-refractivity contribution in [3.05, 3.63) is 230 Å². The fourth-order valence-electron chi connectivity index (χ4n) is 11.2. The molecule has 2 nitrogen and oxygen atoms in total. The second-order valence-corrected chi connectivity index (χ2v) is 21.3. The molecule has 302 valence electrons. The molecule has 1 fully saturated rings. The van der Waals surface area contributed by atoms with Crippen LogP contribution in [0.3, 0.4) is 0 Å². The molecule has 2 aromatic heterocycles. The number of rotatable bonds is 8.